The number of aromatic nitrogens is 2. The van der Waals surface area contributed by atoms with E-state index in [0.717, 1.165) is 45.5 Å². The molecule has 0 aliphatic rings. The van der Waals surface area contributed by atoms with Crippen molar-refractivity contribution in [2.75, 3.05) is 20.3 Å². The van der Waals surface area contributed by atoms with Crippen LogP contribution in [0, 0.1) is 0 Å². The van der Waals surface area contributed by atoms with Crippen molar-refractivity contribution in [1.29, 1.82) is 0 Å². The second-order valence-corrected chi connectivity index (χ2v) is 5.65. The van der Waals surface area contributed by atoms with Gasteiger partial charge in [0.2, 0.25) is 0 Å². The largest absolute Gasteiger partial charge is 0.454 e. The van der Waals surface area contributed by atoms with Crippen molar-refractivity contribution in [3.05, 3.63) is 40.5 Å². The molecular weight excluding hydrogens is 334 g/mol. The van der Waals surface area contributed by atoms with Crippen molar-refractivity contribution < 1.29 is 9.15 Å². The normalized spacial score (nSPS) is 11.3. The fraction of sp³-hybridized carbons (Fsp3) is 0.267. The van der Waals surface area contributed by atoms with Crippen molar-refractivity contribution in [2.45, 2.75) is 6.54 Å². The standard InChI is InChI=1S/C15H16BrN3O2/c1-20-5-4-17-8-11-9-18-19-15(11)14-7-10-6-12(16)2-3-13(10)21-14/h2-3,6-7,9,17H,4-5,8H2,1H3,(H,18,19). The predicted molar refractivity (Wildman–Crippen MR) is 85.1 cm³/mol. The number of nitrogens with one attached hydrogen (secondary N) is 2. The molecule has 2 aromatic heterocycles. The van der Waals surface area contributed by atoms with E-state index < -0.39 is 0 Å². The van der Waals surface area contributed by atoms with Crippen molar-refractivity contribution in [1.82, 2.24) is 15.5 Å². The quantitative estimate of drug-likeness (QED) is 0.670. The van der Waals surface area contributed by atoms with Gasteiger partial charge in [0.1, 0.15) is 11.3 Å². The van der Waals surface area contributed by atoms with Crippen LogP contribution in [0.3, 0.4) is 0 Å². The number of benzene rings is 1. The zero-order chi connectivity index (χ0) is 14.7. The van der Waals surface area contributed by atoms with Gasteiger partial charge in [-0.15, -0.1) is 0 Å². The number of ether oxygens (including phenoxy) is 1. The van der Waals surface area contributed by atoms with E-state index in [-0.39, 0.29) is 0 Å². The van der Waals surface area contributed by atoms with Crippen LogP contribution < -0.4 is 5.32 Å². The van der Waals surface area contributed by atoms with Crippen LogP contribution in [0.1, 0.15) is 5.56 Å². The molecule has 21 heavy (non-hydrogen) atoms. The molecule has 2 heterocycles. The van der Waals surface area contributed by atoms with Gasteiger partial charge in [-0.25, -0.2) is 0 Å². The van der Waals surface area contributed by atoms with Crippen LogP contribution in [-0.2, 0) is 11.3 Å². The first-order valence-electron chi connectivity index (χ1n) is 6.69. The number of aromatic amines is 1. The highest BCUT2D eigenvalue weighted by Gasteiger charge is 2.12. The van der Waals surface area contributed by atoms with Gasteiger partial charge in [-0.3, -0.25) is 5.10 Å². The van der Waals surface area contributed by atoms with Gasteiger partial charge in [0.15, 0.2) is 5.76 Å². The van der Waals surface area contributed by atoms with E-state index >= 15 is 0 Å². The Balaban J connectivity index is 1.83. The number of nitrogens with zero attached hydrogens (tertiary/aromatic N) is 1. The zero-order valence-electron chi connectivity index (χ0n) is 11.6. The molecule has 3 aromatic rings. The van der Waals surface area contributed by atoms with E-state index in [4.69, 9.17) is 9.15 Å². The van der Waals surface area contributed by atoms with Gasteiger partial charge in [-0.2, -0.15) is 5.10 Å². The molecular formula is C15H16BrN3O2. The molecule has 0 aliphatic heterocycles. The summed E-state index contributed by atoms with van der Waals surface area (Å²) in [5.41, 5.74) is 2.84. The van der Waals surface area contributed by atoms with Crippen LogP contribution in [0.25, 0.3) is 22.4 Å². The maximum Gasteiger partial charge on any atom is 0.153 e. The Morgan fingerprint density at radius 2 is 2.29 bits per heavy atom. The average Bonchev–Trinajstić information content (AvgIpc) is 3.08. The molecule has 0 bridgehead atoms. The lowest BCUT2D eigenvalue weighted by molar-refractivity contribution is 0.199. The first-order chi connectivity index (χ1) is 10.3. The number of halogens is 1. The summed E-state index contributed by atoms with van der Waals surface area (Å²) < 4.78 is 11.9. The van der Waals surface area contributed by atoms with Crippen molar-refractivity contribution in [3.63, 3.8) is 0 Å². The topological polar surface area (TPSA) is 63.1 Å². The van der Waals surface area contributed by atoms with E-state index in [1.807, 2.05) is 30.5 Å². The molecule has 0 spiro atoms. The van der Waals surface area contributed by atoms with Crippen LogP contribution >= 0.6 is 15.9 Å². The molecule has 0 amide bonds. The van der Waals surface area contributed by atoms with Crippen LogP contribution in [-0.4, -0.2) is 30.5 Å². The lowest BCUT2D eigenvalue weighted by Crippen LogP contribution is -2.18. The number of fused-ring (bicyclic) bond motifs is 1. The highest BCUT2D eigenvalue weighted by Crippen LogP contribution is 2.30. The van der Waals surface area contributed by atoms with Gasteiger partial charge in [-0.05, 0) is 24.3 Å². The summed E-state index contributed by atoms with van der Waals surface area (Å²) in [6, 6.07) is 7.98. The fourth-order valence-electron chi connectivity index (χ4n) is 2.19. The van der Waals surface area contributed by atoms with Crippen molar-refractivity contribution in [2.24, 2.45) is 0 Å². The molecule has 0 saturated heterocycles. The van der Waals surface area contributed by atoms with Crippen LogP contribution in [0.15, 0.2) is 39.4 Å². The Kier molecular flexibility index (Phi) is 4.38. The monoisotopic (exact) mass is 349 g/mol. The first-order valence-corrected chi connectivity index (χ1v) is 7.48. The maximum absolute atomic E-state index is 5.89. The highest BCUT2D eigenvalue weighted by atomic mass is 79.9. The van der Waals surface area contributed by atoms with Gasteiger partial charge in [-0.1, -0.05) is 15.9 Å². The number of hydrogen-bond acceptors (Lipinski definition) is 4. The molecule has 1 aromatic carbocycles. The Morgan fingerprint density at radius 1 is 1.38 bits per heavy atom. The lowest BCUT2D eigenvalue weighted by atomic mass is 10.2. The molecule has 5 nitrogen and oxygen atoms in total. The smallest absolute Gasteiger partial charge is 0.153 e. The van der Waals surface area contributed by atoms with E-state index in [1.165, 1.54) is 0 Å². The van der Waals surface area contributed by atoms with E-state index in [9.17, 15) is 0 Å². The van der Waals surface area contributed by atoms with Gasteiger partial charge in [0.05, 0.1) is 12.8 Å². The average molecular weight is 350 g/mol. The Labute approximate surface area is 130 Å². The maximum atomic E-state index is 5.89. The molecule has 0 atom stereocenters. The summed E-state index contributed by atoms with van der Waals surface area (Å²) >= 11 is 3.47. The minimum absolute atomic E-state index is 0.686. The van der Waals surface area contributed by atoms with Gasteiger partial charge >= 0.3 is 0 Å². The van der Waals surface area contributed by atoms with Crippen molar-refractivity contribution >= 4 is 26.9 Å². The molecule has 0 fully saturated rings. The molecule has 110 valence electrons. The number of H-pyrrole nitrogens is 1. The molecule has 0 radical (unpaired) electrons. The van der Waals surface area contributed by atoms with Gasteiger partial charge in [0, 0.05) is 35.6 Å². The van der Waals surface area contributed by atoms with E-state index in [0.29, 0.717) is 6.61 Å². The Bertz CT molecular complexity index is 735. The third-order valence-corrected chi connectivity index (χ3v) is 3.73. The second-order valence-electron chi connectivity index (χ2n) is 4.73. The summed E-state index contributed by atoms with van der Waals surface area (Å²) in [4.78, 5) is 0. The number of hydrogen-bond donors (Lipinski definition) is 2. The molecule has 0 unspecified atom stereocenters. The molecule has 2 N–H and O–H groups in total. The van der Waals surface area contributed by atoms with Crippen LogP contribution in [0.5, 0.6) is 0 Å². The van der Waals surface area contributed by atoms with Gasteiger partial charge < -0.3 is 14.5 Å². The molecule has 0 aliphatic carbocycles. The zero-order valence-corrected chi connectivity index (χ0v) is 13.2. The summed E-state index contributed by atoms with van der Waals surface area (Å²) in [7, 11) is 1.69. The Morgan fingerprint density at radius 3 is 3.14 bits per heavy atom. The minimum atomic E-state index is 0.686. The highest BCUT2D eigenvalue weighted by molar-refractivity contribution is 9.10. The minimum Gasteiger partial charge on any atom is -0.454 e. The predicted octanol–water partition coefficient (Wildman–Crippen LogP) is 3.32. The Hall–Kier alpha value is -1.63. The summed E-state index contributed by atoms with van der Waals surface area (Å²) in [5, 5.41) is 11.5. The fourth-order valence-corrected chi connectivity index (χ4v) is 2.57. The number of furan rings is 1. The first kappa shape index (κ1) is 14.3. The lowest BCUT2D eigenvalue weighted by Gasteiger charge is -2.03. The van der Waals surface area contributed by atoms with Crippen molar-refractivity contribution in [3.8, 4) is 11.5 Å². The summed E-state index contributed by atoms with van der Waals surface area (Å²) in [5.74, 6) is 0.796. The van der Waals surface area contributed by atoms with Crippen LogP contribution in [0.4, 0.5) is 0 Å². The molecule has 3 rings (SSSR count). The number of methoxy groups -OCH3 is 1. The summed E-state index contributed by atoms with van der Waals surface area (Å²) in [6.07, 6.45) is 1.82. The van der Waals surface area contributed by atoms with E-state index in [1.54, 1.807) is 7.11 Å². The van der Waals surface area contributed by atoms with Gasteiger partial charge in [0.25, 0.3) is 0 Å². The third kappa shape index (κ3) is 3.18. The molecule has 6 heteroatoms. The van der Waals surface area contributed by atoms with E-state index in [2.05, 4.69) is 31.4 Å². The molecule has 0 saturated carbocycles. The van der Waals surface area contributed by atoms with Crippen LogP contribution in [0.2, 0.25) is 0 Å². The summed E-state index contributed by atoms with van der Waals surface area (Å²) in [6.45, 7) is 2.20. The SMILES string of the molecule is COCCNCc1cn[nH]c1-c1cc2cc(Br)ccc2o1. The number of rotatable bonds is 6. The second kappa shape index (κ2) is 6.43. The third-order valence-electron chi connectivity index (χ3n) is 3.24.